The maximum Gasteiger partial charge on any atom is 0.139 e. The van der Waals surface area contributed by atoms with Gasteiger partial charge in [0.25, 0.3) is 0 Å². The molecule has 0 fully saturated rings. The third-order valence-electron chi connectivity index (χ3n) is 1.67. The van der Waals surface area contributed by atoms with Crippen LogP contribution < -0.4 is 10.6 Å². The van der Waals surface area contributed by atoms with Gasteiger partial charge in [-0.25, -0.2) is 4.39 Å². The molecule has 4 heteroatoms. The maximum atomic E-state index is 12.9. The van der Waals surface area contributed by atoms with Crippen LogP contribution in [-0.2, 0) is 6.54 Å². The van der Waals surface area contributed by atoms with E-state index in [1.807, 2.05) is 0 Å². The van der Waals surface area contributed by atoms with Crippen molar-refractivity contribution in [3.8, 4) is 0 Å². The van der Waals surface area contributed by atoms with Crippen LogP contribution in [0.1, 0.15) is 19.6 Å². The van der Waals surface area contributed by atoms with E-state index >= 15 is 0 Å². The van der Waals surface area contributed by atoms with E-state index in [2.05, 4.69) is 5.18 Å². The molecule has 0 saturated heterocycles. The molecule has 0 bridgehead atoms. The highest BCUT2D eigenvalue weighted by Crippen LogP contribution is 1.96. The average molecular weight is 183 g/mol. The minimum atomic E-state index is -0.325. The molecule has 0 saturated carbocycles. The average Bonchev–Trinajstić information content (AvgIpc) is 2.48. The predicted molar refractivity (Wildman–Crippen MR) is 47.8 cm³/mol. The first-order valence-corrected chi connectivity index (χ1v) is 3.89. The van der Waals surface area contributed by atoms with Crippen molar-refractivity contribution in [2.75, 3.05) is 0 Å². The zero-order chi connectivity index (χ0) is 9.84. The van der Waals surface area contributed by atoms with Crippen molar-refractivity contribution < 1.29 is 8.81 Å². The summed E-state index contributed by atoms with van der Waals surface area (Å²) in [5.41, 5.74) is 0.443. The highest BCUT2D eigenvalue weighted by molar-refractivity contribution is 5.34. The van der Waals surface area contributed by atoms with Gasteiger partial charge in [-0.05, 0) is 26.0 Å². The lowest BCUT2D eigenvalue weighted by Gasteiger charge is -1.80. The molecule has 0 aliphatic rings. The van der Waals surface area contributed by atoms with Gasteiger partial charge in [0, 0.05) is 0 Å². The minimum Gasteiger partial charge on any atom is -0.459 e. The molecule has 13 heavy (non-hydrogen) atoms. The van der Waals surface area contributed by atoms with Crippen LogP contribution in [0.2, 0.25) is 0 Å². The summed E-state index contributed by atoms with van der Waals surface area (Å²) in [4.78, 5) is 9.93. The summed E-state index contributed by atoms with van der Waals surface area (Å²) >= 11 is 0. The first-order valence-electron chi connectivity index (χ1n) is 3.89. The molecule has 0 aliphatic heterocycles. The van der Waals surface area contributed by atoms with E-state index in [0.717, 1.165) is 0 Å². The molecular weight excluding hydrogens is 173 g/mol. The smallest absolute Gasteiger partial charge is 0.139 e. The summed E-state index contributed by atoms with van der Waals surface area (Å²) < 4.78 is 18.0. The van der Waals surface area contributed by atoms with Crippen LogP contribution in [0.15, 0.2) is 15.7 Å². The Bertz CT molecular complexity index is 415. The summed E-state index contributed by atoms with van der Waals surface area (Å²) in [6.45, 7) is 3.02. The summed E-state index contributed by atoms with van der Waals surface area (Å²) in [5.74, 6) is 0.0594. The van der Waals surface area contributed by atoms with E-state index in [1.165, 1.54) is 13.0 Å². The van der Waals surface area contributed by atoms with Gasteiger partial charge in [0.05, 0.1) is 5.22 Å². The van der Waals surface area contributed by atoms with Crippen LogP contribution in [-0.4, -0.2) is 0 Å². The number of nitrogens with zero attached hydrogens (tertiary/aromatic N) is 1. The summed E-state index contributed by atoms with van der Waals surface area (Å²) in [5, 5.41) is 3.05. The lowest BCUT2D eigenvalue weighted by atomic mass is 10.3. The third kappa shape index (κ3) is 2.02. The zero-order valence-electron chi connectivity index (χ0n) is 7.50. The highest BCUT2D eigenvalue weighted by atomic mass is 19.1. The van der Waals surface area contributed by atoms with Crippen molar-refractivity contribution in [1.82, 2.24) is 0 Å². The molecule has 0 aliphatic carbocycles. The zero-order valence-corrected chi connectivity index (χ0v) is 7.50. The van der Waals surface area contributed by atoms with Gasteiger partial charge in [0.15, 0.2) is 0 Å². The fourth-order valence-corrected chi connectivity index (χ4v) is 1.08. The van der Waals surface area contributed by atoms with E-state index in [4.69, 9.17) is 4.42 Å². The van der Waals surface area contributed by atoms with Gasteiger partial charge in [0.2, 0.25) is 0 Å². The molecule has 0 unspecified atom stereocenters. The number of furan rings is 1. The number of rotatable bonds is 2. The quantitative estimate of drug-likeness (QED) is 0.651. The molecular formula is C9H10FNO2. The Balaban J connectivity index is 3.38. The van der Waals surface area contributed by atoms with Gasteiger partial charge in [-0.15, -0.1) is 0 Å². The summed E-state index contributed by atoms with van der Waals surface area (Å²) in [6.07, 6.45) is 1.65. The largest absolute Gasteiger partial charge is 0.459 e. The fraction of sp³-hybridized carbons (Fsp3) is 0.333. The molecule has 0 amide bonds. The van der Waals surface area contributed by atoms with E-state index in [0.29, 0.717) is 16.4 Å². The first kappa shape index (κ1) is 9.64. The van der Waals surface area contributed by atoms with Crippen LogP contribution in [0.3, 0.4) is 0 Å². The monoisotopic (exact) mass is 183 g/mol. The third-order valence-corrected chi connectivity index (χ3v) is 1.67. The lowest BCUT2D eigenvalue weighted by Crippen LogP contribution is -2.19. The Labute approximate surface area is 74.5 Å². The SMILES string of the molecule is CC=c1oc(CN=O)cc1=C(C)F. The number of nitroso groups, excluding NO2 is 1. The van der Waals surface area contributed by atoms with Crippen molar-refractivity contribution in [3.63, 3.8) is 0 Å². The molecule has 0 radical (unpaired) electrons. The fourth-order valence-electron chi connectivity index (χ4n) is 1.08. The first-order chi connectivity index (χ1) is 6.19. The van der Waals surface area contributed by atoms with Gasteiger partial charge in [-0.3, -0.25) is 0 Å². The normalized spacial score (nSPS) is 14.5. The second-order valence-corrected chi connectivity index (χ2v) is 2.60. The van der Waals surface area contributed by atoms with Crippen LogP contribution in [0.4, 0.5) is 4.39 Å². The Hall–Kier alpha value is -1.45. The standard InChI is InChI=1S/C9H10FNO2/c1-3-9-8(6(2)10)4-7(13-9)5-11-12/h3-4H,5H2,1-2H3. The van der Waals surface area contributed by atoms with E-state index in [-0.39, 0.29) is 12.4 Å². The second kappa shape index (κ2) is 3.98. The van der Waals surface area contributed by atoms with Crippen LogP contribution in [0.5, 0.6) is 0 Å². The molecule has 0 atom stereocenters. The lowest BCUT2D eigenvalue weighted by molar-refractivity contribution is 0.481. The molecule has 3 nitrogen and oxygen atoms in total. The van der Waals surface area contributed by atoms with E-state index in [1.54, 1.807) is 13.0 Å². The Morgan fingerprint density at radius 2 is 2.46 bits per heavy atom. The Kier molecular flexibility index (Phi) is 2.95. The van der Waals surface area contributed by atoms with Crippen molar-refractivity contribution in [2.45, 2.75) is 20.4 Å². The van der Waals surface area contributed by atoms with Gasteiger partial charge >= 0.3 is 0 Å². The van der Waals surface area contributed by atoms with Crippen molar-refractivity contribution in [2.24, 2.45) is 5.18 Å². The molecule has 1 rings (SSSR count). The minimum absolute atomic E-state index is 0.0614. The van der Waals surface area contributed by atoms with Crippen molar-refractivity contribution in [1.29, 1.82) is 0 Å². The van der Waals surface area contributed by atoms with Crippen LogP contribution in [0, 0.1) is 4.91 Å². The van der Waals surface area contributed by atoms with Crippen LogP contribution in [0.25, 0.3) is 11.9 Å². The number of halogens is 1. The topological polar surface area (TPSA) is 42.6 Å². The molecule has 1 aromatic rings. The van der Waals surface area contributed by atoms with Crippen LogP contribution >= 0.6 is 0 Å². The summed E-state index contributed by atoms with van der Waals surface area (Å²) in [7, 11) is 0. The number of hydrogen-bond acceptors (Lipinski definition) is 3. The Morgan fingerprint density at radius 3 is 2.85 bits per heavy atom. The molecule has 0 N–H and O–H groups in total. The van der Waals surface area contributed by atoms with E-state index in [9.17, 15) is 9.30 Å². The van der Waals surface area contributed by atoms with Gasteiger partial charge < -0.3 is 4.42 Å². The van der Waals surface area contributed by atoms with Gasteiger partial charge in [-0.2, -0.15) is 4.91 Å². The highest BCUT2D eigenvalue weighted by Gasteiger charge is 2.01. The molecule has 70 valence electrons. The van der Waals surface area contributed by atoms with Gasteiger partial charge in [-0.1, -0.05) is 5.18 Å². The predicted octanol–water partition coefficient (Wildman–Crippen LogP) is 1.44. The molecule has 1 aromatic heterocycles. The van der Waals surface area contributed by atoms with E-state index < -0.39 is 0 Å². The maximum absolute atomic E-state index is 12.9. The second-order valence-electron chi connectivity index (χ2n) is 2.60. The van der Waals surface area contributed by atoms with Crippen molar-refractivity contribution >= 4 is 11.9 Å². The Morgan fingerprint density at radius 1 is 1.77 bits per heavy atom. The number of hydrogen-bond donors (Lipinski definition) is 0. The molecule has 0 spiro atoms. The van der Waals surface area contributed by atoms with Gasteiger partial charge in [0.1, 0.15) is 23.5 Å². The molecule has 1 heterocycles. The molecule has 0 aromatic carbocycles. The van der Waals surface area contributed by atoms with Crippen molar-refractivity contribution in [3.05, 3.63) is 27.4 Å². The summed E-state index contributed by atoms with van der Waals surface area (Å²) in [6, 6.07) is 1.49.